The van der Waals surface area contributed by atoms with E-state index in [1.54, 1.807) is 0 Å². The molecule has 0 spiro atoms. The molecule has 4 heterocycles. The number of carboxylic acid groups (broad SMARTS) is 2. The zero-order chi connectivity index (χ0) is 57.1. The zero-order valence-electron chi connectivity index (χ0n) is 38.7. The number of aliphatic carboxylic acids is 2. The van der Waals surface area contributed by atoms with Crippen LogP contribution in [-0.4, -0.2) is 190 Å². The Morgan fingerprint density at radius 1 is 0.679 bits per heavy atom. The molecule has 412 valence electrons. The molecular weight excluding hydrogens is 1080 g/mol. The van der Waals surface area contributed by atoms with Gasteiger partial charge >= 0.3 is 41.8 Å². The number of thioether (sulfide) groups is 1. The normalized spacial score (nSPS) is 27.2. The molecule has 2 unspecified atom stereocenters. The summed E-state index contributed by atoms with van der Waals surface area (Å²) in [4.78, 5) is 111. The van der Waals surface area contributed by atoms with Gasteiger partial charge in [-0.3, -0.25) is 9.59 Å². The highest BCUT2D eigenvalue weighted by atomic mass is 32.2. The van der Waals surface area contributed by atoms with Crippen LogP contribution in [0.2, 0.25) is 0 Å². The Balaban J connectivity index is 1.30. The number of phenols is 11. The van der Waals surface area contributed by atoms with E-state index in [1.807, 2.05) is 5.32 Å². The summed E-state index contributed by atoms with van der Waals surface area (Å²) in [6.45, 7) is -0.506. The maximum absolute atomic E-state index is 15.4. The number of carbonyl (C=O) groups is 8. The van der Waals surface area contributed by atoms with Gasteiger partial charge in [-0.1, -0.05) is 0 Å². The van der Waals surface area contributed by atoms with E-state index in [2.05, 4.69) is 0 Å². The van der Waals surface area contributed by atoms with Gasteiger partial charge in [-0.15, -0.1) is 0 Å². The number of esters is 5. The van der Waals surface area contributed by atoms with Gasteiger partial charge in [0.2, 0.25) is 41.2 Å². The van der Waals surface area contributed by atoms with Crippen LogP contribution in [0.4, 0.5) is 0 Å². The van der Waals surface area contributed by atoms with Crippen molar-refractivity contribution in [1.29, 1.82) is 0 Å². The number of aromatic hydroxyl groups is 11. The van der Waals surface area contributed by atoms with Crippen LogP contribution in [0, 0.1) is 5.92 Å². The summed E-state index contributed by atoms with van der Waals surface area (Å²) in [6.07, 6.45) is -12.9. The average molecular weight is 1120 g/mol. The lowest BCUT2D eigenvalue weighted by atomic mass is 9.83. The Morgan fingerprint density at radius 3 is 1.77 bits per heavy atom. The van der Waals surface area contributed by atoms with Crippen LogP contribution in [-0.2, 0) is 47.6 Å². The molecule has 1 aliphatic carbocycles. The first kappa shape index (κ1) is 53.3. The number of phenolic OH excluding ortho intramolecular Hbond substituents is 11. The van der Waals surface area contributed by atoms with Gasteiger partial charge in [0.15, 0.2) is 64.0 Å². The number of carboxylic acids is 2. The van der Waals surface area contributed by atoms with Gasteiger partial charge < -0.3 is 115 Å². The van der Waals surface area contributed by atoms with Crippen molar-refractivity contribution < 1.29 is 148 Å². The predicted octanol–water partition coefficient (Wildman–Crippen LogP) is -1.15. The summed E-state index contributed by atoms with van der Waals surface area (Å²) in [7, 11) is 0. The molecule has 1 saturated heterocycles. The molecule has 4 aromatic rings. The number of nitrogens with one attached hydrogen (secondary N) is 1. The Labute approximate surface area is 434 Å². The summed E-state index contributed by atoms with van der Waals surface area (Å²) in [5.74, 6) is -39.9. The number of aliphatic hydroxyl groups is 2. The number of rotatable bonds is 8. The van der Waals surface area contributed by atoms with Crippen LogP contribution in [0.3, 0.4) is 0 Å². The molecule has 4 aromatic carbocycles. The molecule has 2 fully saturated rings. The Morgan fingerprint density at radius 2 is 1.21 bits per heavy atom. The van der Waals surface area contributed by atoms with E-state index in [9.17, 15) is 110 Å². The van der Waals surface area contributed by atoms with Crippen molar-refractivity contribution >= 4 is 59.5 Å². The lowest BCUT2D eigenvalue weighted by molar-refractivity contribution is -0.287. The van der Waals surface area contributed by atoms with Crippen molar-refractivity contribution in [3.05, 3.63) is 58.1 Å². The monoisotopic (exact) mass is 1120 g/mol. The molecule has 32 heteroatoms. The third-order valence-corrected chi connectivity index (χ3v) is 14.8. The molecule has 4 bridgehead atoms. The fourth-order valence-electron chi connectivity index (χ4n) is 9.74. The van der Waals surface area contributed by atoms with E-state index in [-0.39, 0.29) is 11.8 Å². The Hall–Kier alpha value is -9.53. The summed E-state index contributed by atoms with van der Waals surface area (Å²) in [5.41, 5.74) is -11.4. The van der Waals surface area contributed by atoms with E-state index in [1.165, 1.54) is 0 Å². The van der Waals surface area contributed by atoms with E-state index < -0.39 is 233 Å². The Kier molecular flexibility index (Phi) is 12.7. The average Bonchev–Trinajstić information content (AvgIpc) is 2.87. The summed E-state index contributed by atoms with van der Waals surface area (Å²) < 4.78 is 40.0. The lowest BCUT2D eigenvalue weighted by Gasteiger charge is -2.44. The van der Waals surface area contributed by atoms with Crippen LogP contribution >= 0.6 is 11.8 Å². The minimum Gasteiger partial charge on any atom is -0.504 e. The molecule has 16 N–H and O–H groups in total. The summed E-state index contributed by atoms with van der Waals surface area (Å²) >= 11 is 0.0832. The smallest absolute Gasteiger partial charge is 0.344 e. The van der Waals surface area contributed by atoms with Crippen LogP contribution in [0.15, 0.2) is 30.3 Å². The molecule has 11 atom stereocenters. The van der Waals surface area contributed by atoms with Gasteiger partial charge in [0.05, 0.1) is 39.3 Å². The van der Waals surface area contributed by atoms with E-state index in [0.29, 0.717) is 30.3 Å². The van der Waals surface area contributed by atoms with E-state index in [0.717, 1.165) is 6.92 Å². The van der Waals surface area contributed by atoms with Gasteiger partial charge in [-0.05, 0) is 30.3 Å². The minimum absolute atomic E-state index is 0.0832. The molecule has 0 aromatic heterocycles. The summed E-state index contributed by atoms with van der Waals surface area (Å²) in [6, 6.07) is 0.247. The number of cyclic esters (lactones) is 1. The van der Waals surface area contributed by atoms with Crippen LogP contribution < -0.4 is 10.1 Å². The molecule has 78 heavy (non-hydrogen) atoms. The van der Waals surface area contributed by atoms with E-state index >= 15 is 4.79 Å². The van der Waals surface area contributed by atoms with Gasteiger partial charge in [-0.25, -0.2) is 28.8 Å². The largest absolute Gasteiger partial charge is 0.504 e. The Bertz CT molecular complexity index is 3340. The third-order valence-electron chi connectivity index (χ3n) is 13.3. The first-order valence-corrected chi connectivity index (χ1v) is 23.1. The van der Waals surface area contributed by atoms with Gasteiger partial charge in [-0.2, -0.15) is 11.8 Å². The second-order valence-electron chi connectivity index (χ2n) is 17.8. The number of carbonyl (C=O) groups excluding carboxylic acids is 6. The van der Waals surface area contributed by atoms with Crippen molar-refractivity contribution in [3.63, 3.8) is 0 Å². The molecular formula is C46H37NO30S. The molecule has 31 nitrogen and oxygen atoms in total. The second-order valence-corrected chi connectivity index (χ2v) is 19.0. The maximum Gasteiger partial charge on any atom is 0.344 e. The number of ether oxygens (including phenoxy) is 7. The van der Waals surface area contributed by atoms with Crippen LogP contribution in [0.25, 0.3) is 11.1 Å². The number of benzene rings is 4. The topological polar surface area (TPSA) is 517 Å². The number of fused-ring (bicyclic) bond motifs is 3. The highest BCUT2D eigenvalue weighted by Gasteiger charge is 2.80. The highest BCUT2D eigenvalue weighted by Crippen LogP contribution is 2.66. The predicted molar refractivity (Wildman–Crippen MR) is 242 cm³/mol. The minimum atomic E-state index is -3.91. The fourth-order valence-corrected chi connectivity index (χ4v) is 11.4. The van der Waals surface area contributed by atoms with Crippen LogP contribution in [0.1, 0.15) is 59.8 Å². The van der Waals surface area contributed by atoms with Gasteiger partial charge in [0.1, 0.15) is 18.8 Å². The van der Waals surface area contributed by atoms with Crippen molar-refractivity contribution in [1.82, 2.24) is 5.32 Å². The van der Waals surface area contributed by atoms with Crippen molar-refractivity contribution in [3.8, 4) is 80.1 Å². The first-order chi connectivity index (χ1) is 36.5. The number of hydrogen-bond acceptors (Lipinski definition) is 29. The SMILES string of the molecule is CC(=O)NC(CS[C@H]1[C@@H]2C(=O)O[C@H]3[C@@H]4OC(=O)c5cc(O)c(O)c(O)c5-c5c(cc(O)c(O)c5O)C(=O)OC[C@H]3O[C@@H](OC(=O)c3cc(O)c(O)c(O)c3)[C@@H]4OC(=O)c3cc(O)c(O)c4c3[C@H]2[C@@](O)(O4)C1(O)C(=O)O)C(=O)O. The molecule has 9 rings (SSSR count). The number of hydrogen-bond donors (Lipinski definition) is 16. The van der Waals surface area contributed by atoms with E-state index in [4.69, 9.17) is 33.2 Å². The zero-order valence-corrected chi connectivity index (χ0v) is 39.6. The van der Waals surface area contributed by atoms with Crippen molar-refractivity contribution in [2.24, 2.45) is 5.92 Å². The highest BCUT2D eigenvalue weighted by molar-refractivity contribution is 8.00. The molecule has 5 aliphatic rings. The van der Waals surface area contributed by atoms with Crippen molar-refractivity contribution in [2.75, 3.05) is 12.4 Å². The van der Waals surface area contributed by atoms with Crippen molar-refractivity contribution in [2.45, 2.75) is 66.2 Å². The van der Waals surface area contributed by atoms with Crippen LogP contribution in [0.5, 0.6) is 69.0 Å². The van der Waals surface area contributed by atoms with Gasteiger partial charge in [0, 0.05) is 29.4 Å². The fraction of sp³-hybridized carbons (Fsp3) is 0.304. The third kappa shape index (κ3) is 8.02. The second kappa shape index (κ2) is 18.6. The first-order valence-electron chi connectivity index (χ1n) is 22.1. The quantitative estimate of drug-likeness (QED) is 0.0562. The summed E-state index contributed by atoms with van der Waals surface area (Å²) in [5, 5.41) is 163. The molecule has 0 radical (unpaired) electrons. The number of amides is 1. The molecule has 1 amide bonds. The standard InChI is InChI=1S/C46H37NO30S/c1-9(48)47-14(37(60)61)8-78-36-24-25-23-13(6-19(53)29(57)33(23)77-46(25,70)45(36,69)44(67)68)41(65)75-35-34-32(73-42(24)66)20(72-43(35)76-38(62)10-2-15(49)26(54)16(50)3-10)7-71-39(63)11-4-17(51)27(55)30(58)21(11)22-12(40(64)74-34)5-18(52)28(56)31(22)59/h2-6,14,20,24-25,32,34-36,43,49-59,69-70H,7-8H2,1H3,(H,47,48)(H,60,61)(H,67,68)/t14?,20-,24-,25-,32-,34+,35-,36+,43+,45?,46-/m1/s1. The van der Waals surface area contributed by atoms with Gasteiger partial charge in [0.25, 0.3) is 5.79 Å². The molecule has 1 saturated carbocycles. The maximum atomic E-state index is 15.4. The lowest BCUT2D eigenvalue weighted by Crippen LogP contribution is -2.64. The molecule has 4 aliphatic heterocycles.